The predicted molar refractivity (Wildman–Crippen MR) is 229 cm³/mol. The van der Waals surface area contributed by atoms with E-state index < -0.39 is 0 Å². The number of rotatable bonds is 6. The van der Waals surface area contributed by atoms with E-state index in [1.165, 1.54) is 16.7 Å². The molecule has 3 heteroatoms. The molecule has 0 saturated carbocycles. The second-order valence-corrected chi connectivity index (χ2v) is 14.1. The van der Waals surface area contributed by atoms with Gasteiger partial charge in [-0.3, -0.25) is 0 Å². The van der Waals surface area contributed by atoms with Gasteiger partial charge in [0.25, 0.3) is 0 Å². The van der Waals surface area contributed by atoms with Crippen molar-refractivity contribution < 1.29 is 8.83 Å². The number of hydrogen-bond donors (Lipinski definition) is 0. The molecular formula is C52H33NO2. The first-order valence-corrected chi connectivity index (χ1v) is 18.7. The molecule has 0 amide bonds. The van der Waals surface area contributed by atoms with E-state index in [1.54, 1.807) is 0 Å². The molecule has 0 bridgehead atoms. The highest BCUT2D eigenvalue weighted by Crippen LogP contribution is 2.46. The lowest BCUT2D eigenvalue weighted by Crippen LogP contribution is -2.10. The summed E-state index contributed by atoms with van der Waals surface area (Å²) in [7, 11) is 0. The molecule has 2 aromatic heterocycles. The summed E-state index contributed by atoms with van der Waals surface area (Å²) in [5.41, 5.74) is 13.6. The zero-order valence-corrected chi connectivity index (χ0v) is 29.8. The molecule has 2 heterocycles. The maximum absolute atomic E-state index is 6.68. The Morgan fingerprint density at radius 2 is 0.927 bits per heavy atom. The van der Waals surface area contributed by atoms with Gasteiger partial charge in [0.1, 0.15) is 22.3 Å². The Labute approximate surface area is 317 Å². The van der Waals surface area contributed by atoms with Crippen LogP contribution in [0.2, 0.25) is 0 Å². The lowest BCUT2D eigenvalue weighted by atomic mass is 9.99. The van der Waals surface area contributed by atoms with Gasteiger partial charge < -0.3 is 13.7 Å². The summed E-state index contributed by atoms with van der Waals surface area (Å²) in [5.74, 6) is 0. The van der Waals surface area contributed by atoms with E-state index in [-0.39, 0.29) is 0 Å². The van der Waals surface area contributed by atoms with Crippen molar-refractivity contribution in [2.45, 2.75) is 0 Å². The van der Waals surface area contributed by atoms with Gasteiger partial charge in [0, 0.05) is 38.5 Å². The van der Waals surface area contributed by atoms with Crippen molar-refractivity contribution in [2.24, 2.45) is 0 Å². The van der Waals surface area contributed by atoms with Crippen LogP contribution in [0.1, 0.15) is 0 Å². The standard InChI is InChI=1S/C52H33NO2/c1-2-11-34(12-3-1)35-23-25-36(26-24-35)37-27-30-40(31-28-37)53(47-20-10-22-49-50(47)46-32-29-38-13-4-5-16-42(38)52(46)55-49)41-15-8-14-39(33-41)43-18-9-19-45-44-17-6-7-21-48(44)54-51(43)45/h1-33H. The van der Waals surface area contributed by atoms with Gasteiger partial charge in [-0.2, -0.15) is 0 Å². The SMILES string of the molecule is c1ccc(-c2ccc(-c3ccc(N(c4cccc(-c5cccc6c5oc5ccccc56)c4)c4cccc5oc6c7ccccc7ccc6c45)cc3)cc2)cc1. The van der Waals surface area contributed by atoms with E-state index in [0.29, 0.717) is 0 Å². The van der Waals surface area contributed by atoms with Crippen molar-refractivity contribution in [1.82, 2.24) is 0 Å². The van der Waals surface area contributed by atoms with E-state index in [4.69, 9.17) is 8.83 Å². The van der Waals surface area contributed by atoms with Gasteiger partial charge in [-0.05, 0) is 81.7 Å². The molecule has 0 unspecified atom stereocenters. The highest BCUT2D eigenvalue weighted by molar-refractivity contribution is 6.19. The van der Waals surface area contributed by atoms with Crippen LogP contribution in [0, 0.1) is 0 Å². The Balaban J connectivity index is 1.08. The number of benzene rings is 9. The fourth-order valence-corrected chi connectivity index (χ4v) is 8.22. The number of nitrogens with zero attached hydrogens (tertiary/aromatic N) is 1. The van der Waals surface area contributed by atoms with Crippen LogP contribution in [0.25, 0.3) is 88.0 Å². The van der Waals surface area contributed by atoms with Crippen LogP contribution in [-0.4, -0.2) is 0 Å². The summed E-state index contributed by atoms with van der Waals surface area (Å²) >= 11 is 0. The predicted octanol–water partition coefficient (Wildman–Crippen LogP) is 15.1. The van der Waals surface area contributed by atoms with Gasteiger partial charge in [0.15, 0.2) is 0 Å². The molecule has 0 atom stereocenters. The van der Waals surface area contributed by atoms with Gasteiger partial charge >= 0.3 is 0 Å². The Hall–Kier alpha value is -7.36. The molecule has 0 aliphatic carbocycles. The molecule has 11 aromatic rings. The third-order valence-electron chi connectivity index (χ3n) is 10.9. The summed E-state index contributed by atoms with van der Waals surface area (Å²) in [6.45, 7) is 0. The monoisotopic (exact) mass is 703 g/mol. The van der Waals surface area contributed by atoms with Crippen molar-refractivity contribution in [3.05, 3.63) is 200 Å². The first kappa shape index (κ1) is 31.2. The number of hydrogen-bond acceptors (Lipinski definition) is 3. The minimum atomic E-state index is 0.854. The largest absolute Gasteiger partial charge is 0.455 e. The summed E-state index contributed by atoms with van der Waals surface area (Å²) in [4.78, 5) is 2.36. The second-order valence-electron chi connectivity index (χ2n) is 14.1. The number of fused-ring (bicyclic) bond motifs is 8. The minimum absolute atomic E-state index is 0.854. The van der Waals surface area contributed by atoms with E-state index in [2.05, 4.69) is 193 Å². The van der Waals surface area contributed by atoms with Crippen LogP contribution in [0.5, 0.6) is 0 Å². The van der Waals surface area contributed by atoms with E-state index in [9.17, 15) is 0 Å². The Morgan fingerprint density at radius 3 is 1.75 bits per heavy atom. The zero-order valence-electron chi connectivity index (χ0n) is 29.8. The van der Waals surface area contributed by atoms with E-state index in [0.717, 1.165) is 88.4 Å². The van der Waals surface area contributed by atoms with Crippen molar-refractivity contribution in [3.63, 3.8) is 0 Å². The number of furan rings is 2. The highest BCUT2D eigenvalue weighted by Gasteiger charge is 2.21. The lowest BCUT2D eigenvalue weighted by molar-refractivity contribution is 0.670. The molecule has 0 aliphatic rings. The van der Waals surface area contributed by atoms with Crippen LogP contribution < -0.4 is 4.90 Å². The molecule has 9 aromatic carbocycles. The quantitative estimate of drug-likeness (QED) is 0.173. The molecule has 0 fully saturated rings. The third-order valence-corrected chi connectivity index (χ3v) is 10.9. The Bertz CT molecular complexity index is 3190. The van der Waals surface area contributed by atoms with Gasteiger partial charge in [0.2, 0.25) is 0 Å². The molecular weight excluding hydrogens is 671 g/mol. The fraction of sp³-hybridized carbons (Fsp3) is 0. The van der Waals surface area contributed by atoms with Crippen molar-refractivity contribution in [1.29, 1.82) is 0 Å². The zero-order chi connectivity index (χ0) is 36.3. The molecule has 258 valence electrons. The van der Waals surface area contributed by atoms with Crippen molar-refractivity contribution in [3.8, 4) is 33.4 Å². The van der Waals surface area contributed by atoms with Crippen LogP contribution in [0.3, 0.4) is 0 Å². The third kappa shape index (κ3) is 5.20. The van der Waals surface area contributed by atoms with Crippen LogP contribution in [-0.2, 0) is 0 Å². The van der Waals surface area contributed by atoms with Crippen molar-refractivity contribution >= 4 is 71.7 Å². The van der Waals surface area contributed by atoms with Gasteiger partial charge in [0.05, 0.1) is 11.1 Å². The Morgan fingerprint density at radius 1 is 0.327 bits per heavy atom. The van der Waals surface area contributed by atoms with Crippen LogP contribution in [0.4, 0.5) is 17.1 Å². The van der Waals surface area contributed by atoms with Crippen LogP contribution >= 0.6 is 0 Å². The van der Waals surface area contributed by atoms with Gasteiger partial charge in [-0.1, -0.05) is 152 Å². The maximum Gasteiger partial charge on any atom is 0.143 e. The molecule has 0 aliphatic heterocycles. The normalized spacial score (nSPS) is 11.6. The average molecular weight is 704 g/mol. The van der Waals surface area contributed by atoms with Gasteiger partial charge in [-0.25, -0.2) is 0 Å². The first-order valence-electron chi connectivity index (χ1n) is 18.7. The summed E-state index contributed by atoms with van der Waals surface area (Å²) < 4.78 is 13.2. The summed E-state index contributed by atoms with van der Waals surface area (Å²) in [6.07, 6.45) is 0. The average Bonchev–Trinajstić information content (AvgIpc) is 3.84. The molecule has 0 N–H and O–H groups in total. The first-order chi connectivity index (χ1) is 27.3. The molecule has 11 rings (SSSR count). The molecule has 0 saturated heterocycles. The minimum Gasteiger partial charge on any atom is -0.455 e. The molecule has 55 heavy (non-hydrogen) atoms. The van der Waals surface area contributed by atoms with E-state index >= 15 is 0 Å². The Kier molecular flexibility index (Phi) is 7.17. The van der Waals surface area contributed by atoms with Crippen LogP contribution in [0.15, 0.2) is 209 Å². The smallest absolute Gasteiger partial charge is 0.143 e. The topological polar surface area (TPSA) is 29.5 Å². The number of para-hydroxylation sites is 2. The number of anilines is 3. The summed E-state index contributed by atoms with van der Waals surface area (Å²) in [5, 5.41) is 6.67. The molecule has 0 radical (unpaired) electrons. The summed E-state index contributed by atoms with van der Waals surface area (Å²) in [6, 6.07) is 70.9. The molecule has 0 spiro atoms. The second kappa shape index (κ2) is 12.6. The lowest BCUT2D eigenvalue weighted by Gasteiger charge is -2.27. The maximum atomic E-state index is 6.68. The van der Waals surface area contributed by atoms with Gasteiger partial charge in [-0.15, -0.1) is 0 Å². The molecule has 3 nitrogen and oxygen atoms in total. The van der Waals surface area contributed by atoms with Crippen molar-refractivity contribution in [2.75, 3.05) is 4.90 Å². The highest BCUT2D eigenvalue weighted by atomic mass is 16.3. The van der Waals surface area contributed by atoms with E-state index in [1.807, 2.05) is 12.1 Å². The fourth-order valence-electron chi connectivity index (χ4n) is 8.22.